The zero-order valence-corrected chi connectivity index (χ0v) is 15.5. The van der Waals surface area contributed by atoms with Crippen LogP contribution in [0.1, 0.15) is 25.6 Å². The van der Waals surface area contributed by atoms with Gasteiger partial charge in [0.1, 0.15) is 4.21 Å². The summed E-state index contributed by atoms with van der Waals surface area (Å²) in [5, 5.41) is 2.75. The minimum absolute atomic E-state index is 0. The first-order valence-electron chi connectivity index (χ1n) is 6.93. The van der Waals surface area contributed by atoms with E-state index in [1.807, 2.05) is 13.8 Å². The van der Waals surface area contributed by atoms with Crippen LogP contribution in [0.5, 0.6) is 0 Å². The number of thiophene rings is 1. The normalized spacial score (nSPS) is 12.8. The van der Waals surface area contributed by atoms with E-state index in [1.54, 1.807) is 19.1 Å². The van der Waals surface area contributed by atoms with E-state index in [1.165, 1.54) is 15.6 Å². The molecular weight excluding hydrogens is 346 g/mol. The Labute approximate surface area is 142 Å². The molecule has 6 nitrogen and oxygen atoms in total. The van der Waals surface area contributed by atoms with Crippen LogP contribution in [0, 0.1) is 5.92 Å². The molecule has 1 heterocycles. The molecule has 1 aromatic rings. The van der Waals surface area contributed by atoms with Crippen molar-refractivity contribution in [2.24, 2.45) is 11.7 Å². The predicted octanol–water partition coefficient (Wildman–Crippen LogP) is 1.41. The summed E-state index contributed by atoms with van der Waals surface area (Å²) >= 11 is 1.18. The molecule has 0 radical (unpaired) electrons. The highest BCUT2D eigenvalue weighted by Gasteiger charge is 2.23. The van der Waals surface area contributed by atoms with Gasteiger partial charge in [0.15, 0.2) is 0 Å². The lowest BCUT2D eigenvalue weighted by atomic mass is 10.2. The average Bonchev–Trinajstić information content (AvgIpc) is 2.94. The maximum atomic E-state index is 12.3. The van der Waals surface area contributed by atoms with E-state index in [0.29, 0.717) is 23.8 Å². The van der Waals surface area contributed by atoms with Crippen molar-refractivity contribution < 1.29 is 13.2 Å². The van der Waals surface area contributed by atoms with Crippen LogP contribution in [0.25, 0.3) is 0 Å². The molecule has 0 bridgehead atoms. The third-order valence-electron chi connectivity index (χ3n) is 3.17. The zero-order chi connectivity index (χ0) is 16.0. The second kappa shape index (κ2) is 9.46. The highest BCUT2D eigenvalue weighted by molar-refractivity contribution is 7.91. The van der Waals surface area contributed by atoms with Crippen LogP contribution < -0.4 is 11.1 Å². The van der Waals surface area contributed by atoms with Crippen molar-refractivity contribution in [3.63, 3.8) is 0 Å². The zero-order valence-electron chi connectivity index (χ0n) is 13.0. The fourth-order valence-corrected chi connectivity index (χ4v) is 4.65. The van der Waals surface area contributed by atoms with Crippen LogP contribution in [-0.2, 0) is 21.4 Å². The summed E-state index contributed by atoms with van der Waals surface area (Å²) in [5.74, 6) is -0.372. The molecule has 128 valence electrons. The molecule has 0 aliphatic rings. The van der Waals surface area contributed by atoms with Crippen molar-refractivity contribution in [2.75, 3.05) is 19.6 Å². The third kappa shape index (κ3) is 5.20. The molecule has 0 aliphatic heterocycles. The van der Waals surface area contributed by atoms with Gasteiger partial charge in [0.25, 0.3) is 10.0 Å². The van der Waals surface area contributed by atoms with Gasteiger partial charge in [-0.25, -0.2) is 8.42 Å². The standard InChI is InChI=1S/C13H23N3O3S2.ClH/c1-4-16(5-2)21(18,19)12-7-6-11(20-12)9-15-13(17)10(3)8-14;/h6-7,10H,4-5,8-9,14H2,1-3H3,(H,15,17);1H. The fourth-order valence-electron chi connectivity index (χ4n) is 1.74. The van der Waals surface area contributed by atoms with Gasteiger partial charge in [-0.2, -0.15) is 4.31 Å². The van der Waals surface area contributed by atoms with Gasteiger partial charge in [-0.3, -0.25) is 4.79 Å². The molecular formula is C13H24ClN3O3S2. The Balaban J connectivity index is 0.00000441. The summed E-state index contributed by atoms with van der Waals surface area (Å²) in [5.41, 5.74) is 5.42. The Hall–Kier alpha value is -0.670. The minimum atomic E-state index is -3.42. The van der Waals surface area contributed by atoms with E-state index >= 15 is 0 Å². The van der Waals surface area contributed by atoms with Crippen LogP contribution in [-0.4, -0.2) is 38.3 Å². The minimum Gasteiger partial charge on any atom is -0.351 e. The summed E-state index contributed by atoms with van der Waals surface area (Å²) in [4.78, 5) is 12.4. The Morgan fingerprint density at radius 1 is 1.36 bits per heavy atom. The van der Waals surface area contributed by atoms with Crippen molar-refractivity contribution in [3.8, 4) is 0 Å². The summed E-state index contributed by atoms with van der Waals surface area (Å²) < 4.78 is 26.4. The van der Waals surface area contributed by atoms with Crippen LogP contribution in [0.2, 0.25) is 0 Å². The molecule has 1 amide bonds. The molecule has 0 saturated carbocycles. The quantitative estimate of drug-likeness (QED) is 0.724. The maximum absolute atomic E-state index is 12.3. The molecule has 22 heavy (non-hydrogen) atoms. The second-order valence-electron chi connectivity index (χ2n) is 4.66. The molecule has 9 heteroatoms. The molecule has 1 atom stereocenters. The molecule has 1 aromatic heterocycles. The first-order valence-corrected chi connectivity index (χ1v) is 9.19. The van der Waals surface area contributed by atoms with Gasteiger partial charge in [-0.1, -0.05) is 20.8 Å². The van der Waals surface area contributed by atoms with E-state index in [-0.39, 0.29) is 30.8 Å². The van der Waals surface area contributed by atoms with Crippen LogP contribution in [0.3, 0.4) is 0 Å². The van der Waals surface area contributed by atoms with Crippen molar-refractivity contribution in [1.82, 2.24) is 9.62 Å². The molecule has 1 unspecified atom stereocenters. The lowest BCUT2D eigenvalue weighted by Crippen LogP contribution is -2.32. The topological polar surface area (TPSA) is 92.5 Å². The number of nitrogens with one attached hydrogen (secondary N) is 1. The van der Waals surface area contributed by atoms with Gasteiger partial charge in [-0.05, 0) is 12.1 Å². The summed E-state index contributed by atoms with van der Waals surface area (Å²) in [6.07, 6.45) is 0. The number of halogens is 1. The third-order valence-corrected chi connectivity index (χ3v) is 6.78. The van der Waals surface area contributed by atoms with E-state index in [4.69, 9.17) is 5.73 Å². The molecule has 3 N–H and O–H groups in total. The first-order chi connectivity index (χ1) is 9.86. The highest BCUT2D eigenvalue weighted by atomic mass is 35.5. The Morgan fingerprint density at radius 2 is 1.95 bits per heavy atom. The van der Waals surface area contributed by atoms with E-state index in [2.05, 4.69) is 5.32 Å². The average molecular weight is 370 g/mol. The lowest BCUT2D eigenvalue weighted by Gasteiger charge is -2.16. The molecule has 1 rings (SSSR count). The van der Waals surface area contributed by atoms with Gasteiger partial charge < -0.3 is 11.1 Å². The molecule has 0 aromatic carbocycles. The SMILES string of the molecule is CCN(CC)S(=O)(=O)c1ccc(CNC(=O)C(C)CN)s1.Cl. The van der Waals surface area contributed by atoms with Crippen LogP contribution in [0.15, 0.2) is 16.3 Å². The first kappa shape index (κ1) is 21.3. The van der Waals surface area contributed by atoms with Gasteiger partial charge in [0, 0.05) is 30.4 Å². The van der Waals surface area contributed by atoms with Crippen molar-refractivity contribution in [1.29, 1.82) is 0 Å². The number of nitrogens with two attached hydrogens (primary N) is 1. The van der Waals surface area contributed by atoms with Gasteiger partial charge in [0.2, 0.25) is 5.91 Å². The molecule has 0 aliphatic carbocycles. The number of nitrogens with zero attached hydrogens (tertiary/aromatic N) is 1. The van der Waals surface area contributed by atoms with Crippen LogP contribution in [0.4, 0.5) is 0 Å². The predicted molar refractivity (Wildman–Crippen MR) is 91.7 cm³/mol. The number of carbonyl (C=O) groups excluding carboxylic acids is 1. The van der Waals surface area contributed by atoms with Crippen molar-refractivity contribution >= 4 is 39.7 Å². The fraction of sp³-hybridized carbons (Fsp3) is 0.615. The van der Waals surface area contributed by atoms with Gasteiger partial charge in [-0.15, -0.1) is 23.7 Å². The van der Waals surface area contributed by atoms with Gasteiger partial charge in [0.05, 0.1) is 6.54 Å². The second-order valence-corrected chi connectivity index (χ2v) is 8.00. The number of carbonyl (C=O) groups is 1. The van der Waals surface area contributed by atoms with E-state index in [0.717, 1.165) is 4.88 Å². The molecule has 0 spiro atoms. The largest absolute Gasteiger partial charge is 0.351 e. The number of hydrogen-bond acceptors (Lipinski definition) is 5. The Morgan fingerprint density at radius 3 is 2.45 bits per heavy atom. The highest BCUT2D eigenvalue weighted by Crippen LogP contribution is 2.24. The summed E-state index contributed by atoms with van der Waals surface area (Å²) in [6.45, 7) is 6.86. The Bertz CT molecular complexity index is 571. The van der Waals surface area contributed by atoms with E-state index < -0.39 is 10.0 Å². The monoisotopic (exact) mass is 369 g/mol. The molecule has 0 fully saturated rings. The summed E-state index contributed by atoms with van der Waals surface area (Å²) in [7, 11) is -3.42. The number of hydrogen-bond donors (Lipinski definition) is 2. The smallest absolute Gasteiger partial charge is 0.252 e. The van der Waals surface area contributed by atoms with Gasteiger partial charge >= 0.3 is 0 Å². The van der Waals surface area contributed by atoms with Crippen molar-refractivity contribution in [2.45, 2.75) is 31.5 Å². The number of amides is 1. The number of sulfonamides is 1. The molecule has 0 saturated heterocycles. The lowest BCUT2D eigenvalue weighted by molar-refractivity contribution is -0.124. The Kier molecular flexibility index (Phi) is 9.18. The van der Waals surface area contributed by atoms with E-state index in [9.17, 15) is 13.2 Å². The van der Waals surface area contributed by atoms with Crippen LogP contribution >= 0.6 is 23.7 Å². The number of rotatable bonds is 8. The summed E-state index contributed by atoms with van der Waals surface area (Å²) in [6, 6.07) is 3.32. The van der Waals surface area contributed by atoms with Crippen molar-refractivity contribution in [3.05, 3.63) is 17.0 Å². The maximum Gasteiger partial charge on any atom is 0.252 e.